The summed E-state index contributed by atoms with van der Waals surface area (Å²) in [6, 6.07) is 2.06. The summed E-state index contributed by atoms with van der Waals surface area (Å²) in [5.41, 5.74) is 6.83. The van der Waals surface area contributed by atoms with E-state index in [1.54, 1.807) is 0 Å². The molecule has 1 aromatic heterocycles. The Hall–Kier alpha value is -0.940. The van der Waals surface area contributed by atoms with Crippen LogP contribution in [-0.4, -0.2) is 32.8 Å². The van der Waals surface area contributed by atoms with Gasteiger partial charge in [0.25, 0.3) is 0 Å². The van der Waals surface area contributed by atoms with Crippen LogP contribution in [0.5, 0.6) is 0 Å². The van der Waals surface area contributed by atoms with Crippen LogP contribution in [0.2, 0.25) is 0 Å². The zero-order valence-electron chi connectivity index (χ0n) is 9.59. The number of aromatic nitrogens is 2. The first-order chi connectivity index (χ1) is 7.65. The number of nitrogens with two attached hydrogens (primary N) is 1. The van der Waals surface area contributed by atoms with Gasteiger partial charge >= 0.3 is 0 Å². The quantitative estimate of drug-likeness (QED) is 0.795. The molecule has 1 saturated heterocycles. The molecular formula is C11H18N4S. The molecule has 0 bridgehead atoms. The number of rotatable bonds is 3. The molecule has 0 amide bonds. The standard InChI is InChI=1S/C11H18N4S/c1-14-6-4-10(13-14)8-15-5-2-3-9(7-15)11(12)16/h4,6,9H,2-3,5,7-8H2,1H3,(H2,12,16). The molecule has 1 aliphatic rings. The van der Waals surface area contributed by atoms with E-state index in [1.807, 2.05) is 17.9 Å². The highest BCUT2D eigenvalue weighted by molar-refractivity contribution is 7.80. The van der Waals surface area contributed by atoms with E-state index >= 15 is 0 Å². The molecule has 0 spiro atoms. The molecule has 0 saturated carbocycles. The summed E-state index contributed by atoms with van der Waals surface area (Å²) in [7, 11) is 1.94. The summed E-state index contributed by atoms with van der Waals surface area (Å²) in [4.78, 5) is 3.04. The van der Waals surface area contributed by atoms with Gasteiger partial charge in [0.1, 0.15) is 0 Å². The van der Waals surface area contributed by atoms with Crippen molar-refractivity contribution in [1.29, 1.82) is 0 Å². The fourth-order valence-electron chi connectivity index (χ4n) is 2.21. The fourth-order valence-corrected chi connectivity index (χ4v) is 2.40. The maximum atomic E-state index is 5.71. The Bertz CT molecular complexity index is 374. The van der Waals surface area contributed by atoms with E-state index in [-0.39, 0.29) is 0 Å². The largest absolute Gasteiger partial charge is 0.393 e. The Morgan fingerprint density at radius 2 is 2.50 bits per heavy atom. The highest BCUT2D eigenvalue weighted by Crippen LogP contribution is 2.18. The third-order valence-electron chi connectivity index (χ3n) is 3.06. The molecule has 1 fully saturated rings. The molecule has 0 aliphatic carbocycles. The van der Waals surface area contributed by atoms with E-state index in [9.17, 15) is 0 Å². The van der Waals surface area contributed by atoms with Crippen LogP contribution in [0.1, 0.15) is 18.5 Å². The summed E-state index contributed by atoms with van der Waals surface area (Å²) >= 11 is 5.07. The van der Waals surface area contributed by atoms with Gasteiger partial charge in [0.2, 0.25) is 0 Å². The summed E-state index contributed by atoms with van der Waals surface area (Å²) in [6.07, 6.45) is 4.28. The Morgan fingerprint density at radius 1 is 1.69 bits per heavy atom. The minimum absolute atomic E-state index is 0.382. The second-order valence-electron chi connectivity index (χ2n) is 4.46. The Balaban J connectivity index is 1.92. The van der Waals surface area contributed by atoms with Gasteiger partial charge in [-0.25, -0.2) is 0 Å². The lowest BCUT2D eigenvalue weighted by Crippen LogP contribution is -2.40. The average Bonchev–Trinajstić information content (AvgIpc) is 2.64. The zero-order chi connectivity index (χ0) is 11.5. The fraction of sp³-hybridized carbons (Fsp3) is 0.636. The van der Waals surface area contributed by atoms with Gasteiger partial charge in [-0.15, -0.1) is 0 Å². The van der Waals surface area contributed by atoms with Gasteiger partial charge in [-0.1, -0.05) is 12.2 Å². The summed E-state index contributed by atoms with van der Waals surface area (Å²) in [6.45, 7) is 3.00. The van der Waals surface area contributed by atoms with E-state index in [4.69, 9.17) is 18.0 Å². The van der Waals surface area contributed by atoms with Gasteiger partial charge < -0.3 is 5.73 Å². The lowest BCUT2D eigenvalue weighted by atomic mass is 9.98. The van der Waals surface area contributed by atoms with E-state index in [1.165, 1.54) is 6.42 Å². The molecule has 1 aliphatic heterocycles. The monoisotopic (exact) mass is 238 g/mol. The van der Waals surface area contributed by atoms with Crippen molar-refractivity contribution < 1.29 is 0 Å². The lowest BCUT2D eigenvalue weighted by Gasteiger charge is -2.31. The molecule has 2 rings (SSSR count). The van der Waals surface area contributed by atoms with Crippen LogP contribution < -0.4 is 5.73 Å². The third kappa shape index (κ3) is 2.80. The van der Waals surface area contributed by atoms with E-state index in [2.05, 4.69) is 16.1 Å². The number of likely N-dealkylation sites (tertiary alicyclic amines) is 1. The lowest BCUT2D eigenvalue weighted by molar-refractivity contribution is 0.195. The molecule has 1 unspecified atom stereocenters. The van der Waals surface area contributed by atoms with Gasteiger partial charge in [-0.3, -0.25) is 9.58 Å². The molecule has 2 N–H and O–H groups in total. The number of hydrogen-bond donors (Lipinski definition) is 1. The molecule has 0 radical (unpaired) electrons. The van der Waals surface area contributed by atoms with Crippen LogP contribution >= 0.6 is 12.2 Å². The van der Waals surface area contributed by atoms with Gasteiger partial charge in [0, 0.05) is 32.3 Å². The Morgan fingerprint density at radius 3 is 3.12 bits per heavy atom. The number of piperidine rings is 1. The highest BCUT2D eigenvalue weighted by atomic mass is 32.1. The maximum Gasteiger partial charge on any atom is 0.0771 e. The normalized spacial score (nSPS) is 22.2. The first-order valence-electron chi connectivity index (χ1n) is 5.65. The summed E-state index contributed by atoms with van der Waals surface area (Å²) in [5, 5.41) is 4.39. The van der Waals surface area contributed by atoms with Gasteiger partial charge in [0.15, 0.2) is 0 Å². The van der Waals surface area contributed by atoms with Crippen LogP contribution in [0, 0.1) is 5.92 Å². The minimum atomic E-state index is 0.382. The van der Waals surface area contributed by atoms with Crippen molar-refractivity contribution in [3.05, 3.63) is 18.0 Å². The van der Waals surface area contributed by atoms with Crippen molar-refractivity contribution >= 4 is 17.2 Å². The average molecular weight is 238 g/mol. The first-order valence-corrected chi connectivity index (χ1v) is 6.06. The van der Waals surface area contributed by atoms with Crippen molar-refractivity contribution in [2.24, 2.45) is 18.7 Å². The van der Waals surface area contributed by atoms with Gasteiger partial charge in [0.05, 0.1) is 10.7 Å². The third-order valence-corrected chi connectivity index (χ3v) is 3.40. The maximum absolute atomic E-state index is 5.71. The molecule has 1 atom stereocenters. The van der Waals surface area contributed by atoms with Crippen molar-refractivity contribution in [3.8, 4) is 0 Å². The molecule has 16 heavy (non-hydrogen) atoms. The second-order valence-corrected chi connectivity index (χ2v) is 4.93. The SMILES string of the molecule is Cn1ccc(CN2CCCC(C(N)=S)C2)n1. The highest BCUT2D eigenvalue weighted by Gasteiger charge is 2.22. The number of hydrogen-bond acceptors (Lipinski definition) is 3. The second kappa shape index (κ2) is 4.93. The van der Waals surface area contributed by atoms with Gasteiger partial charge in [-0.2, -0.15) is 5.10 Å². The molecule has 1 aromatic rings. The molecule has 4 nitrogen and oxygen atoms in total. The van der Waals surface area contributed by atoms with Crippen LogP contribution in [0.4, 0.5) is 0 Å². The zero-order valence-corrected chi connectivity index (χ0v) is 10.4. The predicted octanol–water partition coefficient (Wildman–Crippen LogP) is 0.918. The molecular weight excluding hydrogens is 220 g/mol. The number of aryl methyl sites for hydroxylation is 1. The number of thiocarbonyl (C=S) groups is 1. The van der Waals surface area contributed by atoms with Crippen molar-refractivity contribution in [2.45, 2.75) is 19.4 Å². The smallest absolute Gasteiger partial charge is 0.0771 e. The molecule has 2 heterocycles. The predicted molar refractivity (Wildman–Crippen MR) is 68.0 cm³/mol. The van der Waals surface area contributed by atoms with Crippen molar-refractivity contribution in [1.82, 2.24) is 14.7 Å². The van der Waals surface area contributed by atoms with Crippen molar-refractivity contribution in [3.63, 3.8) is 0 Å². The van der Waals surface area contributed by atoms with Crippen molar-refractivity contribution in [2.75, 3.05) is 13.1 Å². The van der Waals surface area contributed by atoms with E-state index < -0.39 is 0 Å². The Kier molecular flexibility index (Phi) is 3.56. The van der Waals surface area contributed by atoms with Crippen LogP contribution in [0.3, 0.4) is 0 Å². The summed E-state index contributed by atoms with van der Waals surface area (Å²) in [5.74, 6) is 0.382. The molecule has 0 aromatic carbocycles. The Labute approximate surface area is 101 Å². The summed E-state index contributed by atoms with van der Waals surface area (Å²) < 4.78 is 1.84. The van der Waals surface area contributed by atoms with Gasteiger partial charge in [-0.05, 0) is 25.5 Å². The minimum Gasteiger partial charge on any atom is -0.393 e. The number of nitrogens with zero attached hydrogens (tertiary/aromatic N) is 3. The van der Waals surface area contributed by atoms with Crippen LogP contribution in [0.15, 0.2) is 12.3 Å². The van der Waals surface area contributed by atoms with E-state index in [0.29, 0.717) is 10.9 Å². The van der Waals surface area contributed by atoms with E-state index in [0.717, 1.165) is 31.7 Å². The first kappa shape index (κ1) is 11.5. The van der Waals surface area contributed by atoms with Crippen LogP contribution in [0.25, 0.3) is 0 Å². The van der Waals surface area contributed by atoms with Crippen LogP contribution in [-0.2, 0) is 13.6 Å². The molecule has 88 valence electrons. The topological polar surface area (TPSA) is 47.1 Å². The molecule has 5 heteroatoms.